The third-order valence-corrected chi connectivity index (χ3v) is 5.07. The number of amides is 1. The smallest absolute Gasteiger partial charge is 0.238 e. The summed E-state index contributed by atoms with van der Waals surface area (Å²) in [6, 6.07) is 12.5. The van der Waals surface area contributed by atoms with E-state index in [1.165, 1.54) is 6.07 Å². The first-order valence-corrected chi connectivity index (χ1v) is 9.22. The lowest BCUT2D eigenvalue weighted by atomic mass is 9.97. The summed E-state index contributed by atoms with van der Waals surface area (Å²) in [6.45, 7) is 3.61. The van der Waals surface area contributed by atoms with Gasteiger partial charge >= 0.3 is 0 Å². The van der Waals surface area contributed by atoms with Crippen LogP contribution in [-0.2, 0) is 4.79 Å². The quantitative estimate of drug-likeness (QED) is 0.754. The largest absolute Gasteiger partial charge is 0.440 e. The number of nitrogens with zero attached hydrogens (tertiary/aromatic N) is 2. The molecule has 0 radical (unpaired) electrons. The van der Waals surface area contributed by atoms with Crippen molar-refractivity contribution in [2.75, 3.05) is 25.0 Å². The Morgan fingerprint density at radius 1 is 1.26 bits per heavy atom. The van der Waals surface area contributed by atoms with E-state index in [2.05, 4.69) is 15.2 Å². The summed E-state index contributed by atoms with van der Waals surface area (Å²) in [5.41, 5.74) is 2.76. The van der Waals surface area contributed by atoms with E-state index in [0.717, 1.165) is 42.9 Å². The first kappa shape index (κ1) is 17.7. The lowest BCUT2D eigenvalue weighted by Crippen LogP contribution is -2.38. The third-order valence-electron chi connectivity index (χ3n) is 5.07. The summed E-state index contributed by atoms with van der Waals surface area (Å²) < 4.78 is 19.5. The van der Waals surface area contributed by atoms with Crippen LogP contribution in [0.5, 0.6) is 0 Å². The summed E-state index contributed by atoms with van der Waals surface area (Å²) >= 11 is 0. The van der Waals surface area contributed by atoms with Gasteiger partial charge in [-0.2, -0.15) is 0 Å². The van der Waals surface area contributed by atoms with Crippen molar-refractivity contribution in [3.8, 4) is 0 Å². The number of hydrogen-bond acceptors (Lipinski definition) is 4. The Morgan fingerprint density at radius 2 is 2.04 bits per heavy atom. The fourth-order valence-electron chi connectivity index (χ4n) is 3.48. The van der Waals surface area contributed by atoms with Crippen LogP contribution in [0.25, 0.3) is 11.1 Å². The predicted molar refractivity (Wildman–Crippen MR) is 102 cm³/mol. The van der Waals surface area contributed by atoms with Gasteiger partial charge in [0.15, 0.2) is 11.5 Å². The second kappa shape index (κ2) is 7.48. The highest BCUT2D eigenvalue weighted by Crippen LogP contribution is 2.29. The number of likely N-dealkylation sites (tertiary alicyclic amines) is 1. The number of rotatable bonds is 4. The van der Waals surface area contributed by atoms with Gasteiger partial charge in [-0.25, -0.2) is 9.37 Å². The fraction of sp³-hybridized carbons (Fsp3) is 0.333. The minimum absolute atomic E-state index is 0.126. The number of halogens is 1. The molecule has 4 rings (SSSR count). The first-order valence-electron chi connectivity index (χ1n) is 9.22. The average molecular weight is 367 g/mol. The van der Waals surface area contributed by atoms with Crippen molar-refractivity contribution in [2.45, 2.75) is 25.7 Å². The summed E-state index contributed by atoms with van der Waals surface area (Å²) in [4.78, 5) is 18.9. The van der Waals surface area contributed by atoms with Crippen LogP contribution in [0.4, 0.5) is 10.1 Å². The molecule has 1 fully saturated rings. The molecule has 1 aliphatic rings. The lowest BCUT2D eigenvalue weighted by molar-refractivity contribution is -0.117. The van der Waals surface area contributed by atoms with Crippen molar-refractivity contribution >= 4 is 22.7 Å². The van der Waals surface area contributed by atoms with Gasteiger partial charge in [-0.05, 0) is 62.7 Å². The minimum atomic E-state index is -0.313. The summed E-state index contributed by atoms with van der Waals surface area (Å²) in [5.74, 6) is 0.629. The van der Waals surface area contributed by atoms with E-state index in [-0.39, 0.29) is 17.6 Å². The molecule has 0 atom stereocenters. The van der Waals surface area contributed by atoms with Crippen molar-refractivity contribution in [3.63, 3.8) is 0 Å². The van der Waals surface area contributed by atoms with Crippen LogP contribution in [-0.4, -0.2) is 35.4 Å². The van der Waals surface area contributed by atoms with Gasteiger partial charge in [-0.15, -0.1) is 0 Å². The molecule has 6 heteroatoms. The van der Waals surface area contributed by atoms with Crippen LogP contribution >= 0.6 is 0 Å². The number of carbonyl (C=O) groups is 1. The minimum Gasteiger partial charge on any atom is -0.440 e. The molecule has 140 valence electrons. The molecule has 0 saturated carbocycles. The zero-order valence-electron chi connectivity index (χ0n) is 15.2. The van der Waals surface area contributed by atoms with Gasteiger partial charge in [0.25, 0.3) is 0 Å². The topological polar surface area (TPSA) is 58.4 Å². The maximum Gasteiger partial charge on any atom is 0.238 e. The van der Waals surface area contributed by atoms with Crippen LogP contribution in [0.15, 0.2) is 46.9 Å². The molecule has 0 aliphatic carbocycles. The molecule has 1 aromatic heterocycles. The SMILES string of the molecule is Cc1ccc(NC(=O)CN2CCC(c3nc4ccccc4o3)CC2)cc1F. The number of piperidine rings is 1. The Bertz CT molecular complexity index is 928. The highest BCUT2D eigenvalue weighted by molar-refractivity contribution is 5.92. The van der Waals surface area contributed by atoms with E-state index < -0.39 is 0 Å². The summed E-state index contributed by atoms with van der Waals surface area (Å²) in [6.07, 6.45) is 1.80. The predicted octanol–water partition coefficient (Wildman–Crippen LogP) is 4.09. The van der Waals surface area contributed by atoms with Crippen LogP contribution in [0.1, 0.15) is 30.2 Å². The van der Waals surface area contributed by atoms with E-state index in [0.29, 0.717) is 17.8 Å². The molecule has 0 bridgehead atoms. The van der Waals surface area contributed by atoms with Gasteiger partial charge < -0.3 is 9.73 Å². The third kappa shape index (κ3) is 4.01. The van der Waals surface area contributed by atoms with Crippen molar-refractivity contribution in [3.05, 3.63) is 59.7 Å². The van der Waals surface area contributed by atoms with E-state index in [9.17, 15) is 9.18 Å². The zero-order valence-corrected chi connectivity index (χ0v) is 15.2. The number of oxazole rings is 1. The molecule has 2 aromatic carbocycles. The van der Waals surface area contributed by atoms with Gasteiger partial charge in [-0.1, -0.05) is 18.2 Å². The first-order chi connectivity index (χ1) is 13.1. The molecular formula is C21H22FN3O2. The van der Waals surface area contributed by atoms with Gasteiger partial charge in [0.2, 0.25) is 5.91 Å². The van der Waals surface area contributed by atoms with Crippen molar-refractivity contribution < 1.29 is 13.6 Å². The van der Waals surface area contributed by atoms with Crippen LogP contribution < -0.4 is 5.32 Å². The van der Waals surface area contributed by atoms with Crippen LogP contribution in [0.3, 0.4) is 0 Å². The number of nitrogens with one attached hydrogen (secondary N) is 1. The van der Waals surface area contributed by atoms with Crippen LogP contribution in [0, 0.1) is 12.7 Å². The van der Waals surface area contributed by atoms with Gasteiger partial charge in [0, 0.05) is 11.6 Å². The lowest BCUT2D eigenvalue weighted by Gasteiger charge is -2.29. The Morgan fingerprint density at radius 3 is 2.78 bits per heavy atom. The summed E-state index contributed by atoms with van der Waals surface area (Å²) in [5, 5.41) is 2.77. The van der Waals surface area contributed by atoms with E-state index in [1.807, 2.05) is 24.3 Å². The number of benzene rings is 2. The second-order valence-electron chi connectivity index (χ2n) is 7.08. The van der Waals surface area contributed by atoms with Crippen LogP contribution in [0.2, 0.25) is 0 Å². The van der Waals surface area contributed by atoms with E-state index in [4.69, 9.17) is 4.42 Å². The van der Waals surface area contributed by atoms with Gasteiger partial charge in [-0.3, -0.25) is 9.69 Å². The van der Waals surface area contributed by atoms with E-state index in [1.54, 1.807) is 19.1 Å². The number of aryl methyl sites for hydroxylation is 1. The Balaban J connectivity index is 1.31. The standard InChI is InChI=1S/C21H22FN3O2/c1-14-6-7-16(12-17(14)22)23-20(26)13-25-10-8-15(9-11-25)21-24-18-4-2-3-5-19(18)27-21/h2-7,12,15H,8-11,13H2,1H3,(H,23,26). The normalized spacial score (nSPS) is 15.9. The molecule has 1 N–H and O–H groups in total. The number of carbonyl (C=O) groups excluding carboxylic acids is 1. The highest BCUT2D eigenvalue weighted by Gasteiger charge is 2.25. The number of hydrogen-bond donors (Lipinski definition) is 1. The van der Waals surface area contributed by atoms with Gasteiger partial charge in [0.05, 0.1) is 6.54 Å². The van der Waals surface area contributed by atoms with Crippen molar-refractivity contribution in [1.82, 2.24) is 9.88 Å². The fourth-order valence-corrected chi connectivity index (χ4v) is 3.48. The maximum absolute atomic E-state index is 13.6. The number of fused-ring (bicyclic) bond motifs is 1. The molecule has 1 saturated heterocycles. The molecule has 2 heterocycles. The highest BCUT2D eigenvalue weighted by atomic mass is 19.1. The number of aromatic nitrogens is 1. The Hall–Kier alpha value is -2.73. The molecule has 0 unspecified atom stereocenters. The maximum atomic E-state index is 13.6. The molecule has 27 heavy (non-hydrogen) atoms. The van der Waals surface area contributed by atoms with Gasteiger partial charge in [0.1, 0.15) is 11.3 Å². The summed E-state index contributed by atoms with van der Waals surface area (Å²) in [7, 11) is 0. The van der Waals surface area contributed by atoms with Crippen molar-refractivity contribution in [2.24, 2.45) is 0 Å². The molecule has 3 aromatic rings. The average Bonchev–Trinajstić information content (AvgIpc) is 3.09. The molecule has 1 amide bonds. The molecule has 5 nitrogen and oxygen atoms in total. The Labute approximate surface area is 157 Å². The second-order valence-corrected chi connectivity index (χ2v) is 7.08. The zero-order chi connectivity index (χ0) is 18.8. The molecule has 1 aliphatic heterocycles. The number of anilines is 1. The van der Waals surface area contributed by atoms with Crippen molar-refractivity contribution in [1.29, 1.82) is 0 Å². The molecular weight excluding hydrogens is 345 g/mol. The monoisotopic (exact) mass is 367 g/mol. The molecule has 0 spiro atoms. The number of para-hydroxylation sites is 2. The Kier molecular flexibility index (Phi) is 4.90. The van der Waals surface area contributed by atoms with E-state index >= 15 is 0 Å².